The molecule has 28 nitrogen and oxygen atoms in total. The number of nitrogens with one attached hydrogen (secondary N) is 5. The number of isocyanates is 1. The molecule has 10 rings (SSSR count). The largest absolute Gasteiger partial charge is 0.573 e. The van der Waals surface area contributed by atoms with Crippen molar-refractivity contribution >= 4 is 81.7 Å². The van der Waals surface area contributed by atoms with Crippen LogP contribution in [0.1, 0.15) is 56.4 Å². The average molecular weight is 1450 g/mol. The smallest absolute Gasteiger partial charge is 0.461 e. The van der Waals surface area contributed by atoms with Gasteiger partial charge >= 0.3 is 43.1 Å². The number of hydrogen-bond acceptors (Lipinski definition) is 19. The molecule has 0 aliphatic carbocycles. The van der Waals surface area contributed by atoms with E-state index in [1.165, 1.54) is 81.7 Å². The fourth-order valence-electron chi connectivity index (χ4n) is 9.27. The number of nitrogens with zero attached hydrogens (tertiary/aromatic N) is 10. The van der Waals surface area contributed by atoms with Gasteiger partial charge in [0.25, 0.3) is 11.6 Å². The maximum atomic E-state index is 13.1. The summed E-state index contributed by atoms with van der Waals surface area (Å²) >= 11 is 0. The number of carbonyl (C=O) groups excluding carboxylic acids is 6. The first-order valence-corrected chi connectivity index (χ1v) is 30.8. The number of amides is 5. The van der Waals surface area contributed by atoms with Gasteiger partial charge in [0.1, 0.15) is 46.0 Å². The molecule has 5 N–H and O–H groups in total. The second-order valence-corrected chi connectivity index (χ2v) is 21.8. The fraction of sp³-hybridized carbons (Fsp3) is 0.303. The van der Waals surface area contributed by atoms with Gasteiger partial charge in [-0.1, -0.05) is 12.1 Å². The molecule has 2 aliphatic heterocycles. The van der Waals surface area contributed by atoms with Crippen LogP contribution in [0.5, 0.6) is 17.2 Å². The van der Waals surface area contributed by atoms with E-state index in [1.807, 2.05) is 31.5 Å². The zero-order valence-corrected chi connectivity index (χ0v) is 56.1. The summed E-state index contributed by atoms with van der Waals surface area (Å²) in [6, 6.07) is 25.1. The molecule has 0 bridgehead atoms. The SMILES string of the molecule is CCOC(=O)c1cc(NC(=O)Nc2ccc(OC(F)(F)F)cc2)cn1C.CCOC(=O)c1cc([N+](=O)[O-])cn1C.Cc1ccc(N2CCN(C(=O)c3cc(NC(=O)Nc4ccc(OC(F)(F)F)cc4)cn3C)CC2)nc1.Cc1ccc(N2CCNCC2)nc1.O=C=Nc1ccc(OC(F)(F)F)cc1. The minimum Gasteiger partial charge on any atom is -0.461 e. The molecule has 37 heteroatoms. The molecule has 0 unspecified atom stereocenters. The minimum absolute atomic E-state index is 0.115. The van der Waals surface area contributed by atoms with E-state index in [-0.39, 0.29) is 59.0 Å². The van der Waals surface area contributed by atoms with Crippen molar-refractivity contribution in [2.75, 3.05) is 96.6 Å². The Labute approximate surface area is 582 Å². The lowest BCUT2D eigenvalue weighted by atomic mass is 10.2. The van der Waals surface area contributed by atoms with E-state index in [2.05, 4.69) is 84.6 Å². The number of aromatic nitrogens is 5. The minimum atomic E-state index is -4.79. The van der Waals surface area contributed by atoms with Gasteiger partial charge in [-0.05, 0) is 136 Å². The van der Waals surface area contributed by atoms with Crippen LogP contribution in [-0.2, 0) is 35.4 Å². The van der Waals surface area contributed by atoms with Crippen LogP contribution in [0.4, 0.5) is 94.9 Å². The molecule has 5 aromatic heterocycles. The number of benzene rings is 3. The zero-order valence-electron chi connectivity index (χ0n) is 56.1. The van der Waals surface area contributed by atoms with Crippen LogP contribution < -0.4 is 50.6 Å². The van der Waals surface area contributed by atoms with Gasteiger partial charge in [-0.3, -0.25) is 14.9 Å². The Morgan fingerprint density at radius 1 is 0.534 bits per heavy atom. The number of pyridine rings is 2. The molecular weight excluding hydrogens is 1380 g/mol. The number of anilines is 6. The summed E-state index contributed by atoms with van der Waals surface area (Å²) in [5.74, 6) is -0.392. The molecule has 0 radical (unpaired) electrons. The van der Waals surface area contributed by atoms with Crippen molar-refractivity contribution in [1.82, 2.24) is 33.9 Å². The maximum absolute atomic E-state index is 13.1. The molecule has 550 valence electrons. The summed E-state index contributed by atoms with van der Waals surface area (Å²) in [4.78, 5) is 98.2. The Balaban J connectivity index is 0.000000216. The van der Waals surface area contributed by atoms with Crippen LogP contribution in [0.25, 0.3) is 0 Å². The van der Waals surface area contributed by atoms with E-state index in [0.717, 1.165) is 79.8 Å². The molecule has 2 fully saturated rings. The summed E-state index contributed by atoms with van der Waals surface area (Å²) < 4.78 is 133. The predicted octanol–water partition coefficient (Wildman–Crippen LogP) is 12.4. The van der Waals surface area contributed by atoms with E-state index in [1.54, 1.807) is 56.7 Å². The summed E-state index contributed by atoms with van der Waals surface area (Å²) in [6.45, 7) is 14.5. The first-order chi connectivity index (χ1) is 48.7. The lowest BCUT2D eigenvalue weighted by Gasteiger charge is -2.35. The lowest BCUT2D eigenvalue weighted by Crippen LogP contribution is -2.49. The van der Waals surface area contributed by atoms with Crippen molar-refractivity contribution in [3.8, 4) is 17.2 Å². The van der Waals surface area contributed by atoms with Crippen molar-refractivity contribution in [3.05, 3.63) is 185 Å². The van der Waals surface area contributed by atoms with E-state index in [0.29, 0.717) is 43.2 Å². The van der Waals surface area contributed by atoms with Crippen LogP contribution in [0, 0.1) is 24.0 Å². The van der Waals surface area contributed by atoms with Crippen molar-refractivity contribution < 1.29 is 96.9 Å². The van der Waals surface area contributed by atoms with E-state index in [4.69, 9.17) is 9.47 Å². The highest BCUT2D eigenvalue weighted by atomic mass is 19.4. The number of hydrogen-bond donors (Lipinski definition) is 5. The molecule has 2 saturated heterocycles. The van der Waals surface area contributed by atoms with Gasteiger partial charge in [0, 0.05) is 116 Å². The van der Waals surface area contributed by atoms with Gasteiger partial charge in [0.05, 0.1) is 41.4 Å². The van der Waals surface area contributed by atoms with E-state index in [9.17, 15) is 78.4 Å². The molecule has 0 atom stereocenters. The second kappa shape index (κ2) is 37.3. The molecule has 3 aromatic carbocycles. The Morgan fingerprint density at radius 2 is 0.913 bits per heavy atom. The number of halogens is 9. The van der Waals surface area contributed by atoms with Gasteiger partial charge in [-0.2, -0.15) is 4.99 Å². The number of urea groups is 2. The van der Waals surface area contributed by atoms with Crippen molar-refractivity contribution in [1.29, 1.82) is 0 Å². The summed E-state index contributed by atoms with van der Waals surface area (Å²) in [6.07, 6.45) is -4.87. The number of nitro groups is 1. The van der Waals surface area contributed by atoms with E-state index < -0.39 is 59.5 Å². The molecule has 5 amide bonds. The first kappa shape index (κ1) is 79.8. The standard InChI is InChI=1S/C24H25F3N6O3.C16H16F3N3O4.C10H15N3.C8H4F3NO2.C8H10N2O4/c1-16-3-8-21(28-14-16)32-9-11-33(12-10-32)22(34)20-13-18(15-31(20)2)30-23(35)29-17-4-6-19(7-5-17)36-24(25,26)27;1-3-25-14(23)13-8-11(9-22(13)2)21-15(24)20-10-4-6-12(7-5-10)26-16(17,18)19;1-9-2-3-10(12-8-9)13-6-4-11-5-7-13;9-8(10,11)14-7-3-1-6(2-4-7)12-5-13;1-3-14-8(11)7-4-6(10(12)13)5-9(7)2/h3-8,13-15H,9-12H2,1-2H3,(H2,29,30,35);4-9H,3H2,1-2H3,(H2,20,21,24);2-3,8,11H,4-7H2,1H3;1-4H;4-5H,3H2,1-2H3. The van der Waals surface area contributed by atoms with Crippen molar-refractivity contribution in [3.63, 3.8) is 0 Å². The molecule has 103 heavy (non-hydrogen) atoms. The van der Waals surface area contributed by atoms with Gasteiger partial charge in [0.15, 0.2) is 0 Å². The number of ether oxygens (including phenoxy) is 5. The first-order valence-electron chi connectivity index (χ1n) is 30.8. The topological polar surface area (TPSA) is 315 Å². The Morgan fingerprint density at radius 3 is 1.29 bits per heavy atom. The summed E-state index contributed by atoms with van der Waals surface area (Å²) in [5.41, 5.74) is 4.55. The summed E-state index contributed by atoms with van der Waals surface area (Å²) in [7, 11) is 4.89. The highest BCUT2D eigenvalue weighted by Gasteiger charge is 2.33. The van der Waals surface area contributed by atoms with Crippen LogP contribution in [-0.4, -0.2) is 154 Å². The highest BCUT2D eigenvalue weighted by Crippen LogP contribution is 2.28. The molecule has 0 saturated carbocycles. The number of rotatable bonds is 16. The zero-order chi connectivity index (χ0) is 75.6. The maximum Gasteiger partial charge on any atom is 0.573 e. The highest BCUT2D eigenvalue weighted by molar-refractivity contribution is 6.02. The van der Waals surface area contributed by atoms with Gasteiger partial charge in [-0.15, -0.1) is 39.5 Å². The Bertz CT molecular complexity index is 4150. The third kappa shape index (κ3) is 27.1. The molecule has 2 aliphatic rings. The van der Waals surface area contributed by atoms with Crippen LogP contribution in [0.2, 0.25) is 0 Å². The normalized spacial score (nSPS) is 12.6. The molecule has 7 heterocycles. The number of aliphatic imine (C=N–C) groups is 1. The van der Waals surface area contributed by atoms with E-state index >= 15 is 0 Å². The summed E-state index contributed by atoms with van der Waals surface area (Å²) in [5, 5.41) is 23.8. The van der Waals surface area contributed by atoms with Gasteiger partial charge in [-0.25, -0.2) is 33.9 Å². The van der Waals surface area contributed by atoms with Gasteiger partial charge < -0.3 is 78.7 Å². The average Bonchev–Trinajstić information content (AvgIpc) is 1.73. The quantitative estimate of drug-likeness (QED) is 0.0150. The molecule has 8 aromatic rings. The number of aryl methyl sites for hydroxylation is 5. The van der Waals surface area contributed by atoms with Crippen molar-refractivity contribution in [2.24, 2.45) is 26.1 Å². The predicted molar refractivity (Wildman–Crippen MR) is 358 cm³/mol. The van der Waals surface area contributed by atoms with Crippen LogP contribution in [0.3, 0.4) is 0 Å². The van der Waals surface area contributed by atoms with Gasteiger partial charge in [0.2, 0.25) is 6.08 Å². The number of carbonyl (C=O) groups is 5. The number of piperazine rings is 2. The number of alkyl halides is 9. The monoisotopic (exact) mass is 1450 g/mol. The number of esters is 2. The molecular formula is C66H70F9N15O13. The molecule has 0 spiro atoms. The third-order valence-corrected chi connectivity index (χ3v) is 14.0. The van der Waals surface area contributed by atoms with Crippen molar-refractivity contribution in [2.45, 2.75) is 46.8 Å². The third-order valence-electron chi connectivity index (χ3n) is 14.0. The fourth-order valence-corrected chi connectivity index (χ4v) is 9.27. The van der Waals surface area contributed by atoms with Crippen LogP contribution in [0.15, 0.2) is 151 Å². The Hall–Kier alpha value is -12.1. The van der Waals surface area contributed by atoms with Crippen LogP contribution >= 0.6 is 0 Å². The second-order valence-electron chi connectivity index (χ2n) is 21.8. The lowest BCUT2D eigenvalue weighted by molar-refractivity contribution is -0.384. The Kier molecular flexibility index (Phi) is 28.9.